The first-order valence-electron chi connectivity index (χ1n) is 4.94. The Labute approximate surface area is 84.2 Å². The average Bonchev–Trinajstić information content (AvgIpc) is 2.68. The molecule has 74 valence electrons. The molecular formula is C12H14O2. The van der Waals surface area contributed by atoms with Crippen molar-refractivity contribution >= 4 is 5.76 Å². The number of benzene rings is 1. The summed E-state index contributed by atoms with van der Waals surface area (Å²) in [5, 5.41) is 0. The van der Waals surface area contributed by atoms with Gasteiger partial charge in [0.1, 0.15) is 5.76 Å². The zero-order chi connectivity index (χ0) is 9.80. The van der Waals surface area contributed by atoms with E-state index in [1.54, 1.807) is 0 Å². The second-order valence-electron chi connectivity index (χ2n) is 3.17. The van der Waals surface area contributed by atoms with Crippen LogP contribution in [0.25, 0.3) is 5.76 Å². The van der Waals surface area contributed by atoms with Gasteiger partial charge in [-0.25, -0.2) is 0 Å². The van der Waals surface area contributed by atoms with Crippen LogP contribution in [0, 0.1) is 0 Å². The average molecular weight is 190 g/mol. The molecule has 1 aromatic rings. The van der Waals surface area contributed by atoms with Gasteiger partial charge in [-0.1, -0.05) is 30.3 Å². The van der Waals surface area contributed by atoms with Crippen LogP contribution in [0.1, 0.15) is 18.9 Å². The van der Waals surface area contributed by atoms with Crippen molar-refractivity contribution in [3.05, 3.63) is 42.0 Å². The first-order chi connectivity index (χ1) is 6.90. The standard InChI is InChI=1S/C12H14O2/c1-2-13-12-9-8-11(14-12)10-6-4-3-5-7-10/h3-8,12H,2,9H2,1H3. The predicted molar refractivity (Wildman–Crippen MR) is 55.5 cm³/mol. The first-order valence-corrected chi connectivity index (χ1v) is 4.94. The van der Waals surface area contributed by atoms with Crippen LogP contribution >= 0.6 is 0 Å². The molecule has 14 heavy (non-hydrogen) atoms. The van der Waals surface area contributed by atoms with Gasteiger partial charge in [0.05, 0.1) is 0 Å². The highest BCUT2D eigenvalue weighted by atomic mass is 16.7. The third-order valence-corrected chi connectivity index (χ3v) is 2.16. The summed E-state index contributed by atoms with van der Waals surface area (Å²) in [6.07, 6.45) is 2.84. The van der Waals surface area contributed by atoms with Gasteiger partial charge in [-0.3, -0.25) is 0 Å². The van der Waals surface area contributed by atoms with E-state index < -0.39 is 0 Å². The maximum atomic E-state index is 5.63. The molecule has 0 aromatic heterocycles. The minimum Gasteiger partial charge on any atom is -0.464 e. The molecule has 0 aliphatic carbocycles. The molecule has 0 spiro atoms. The van der Waals surface area contributed by atoms with Gasteiger partial charge in [0.15, 0.2) is 0 Å². The van der Waals surface area contributed by atoms with Crippen molar-refractivity contribution in [1.29, 1.82) is 0 Å². The Hall–Kier alpha value is -1.28. The summed E-state index contributed by atoms with van der Waals surface area (Å²) in [5.74, 6) is 0.934. The zero-order valence-electron chi connectivity index (χ0n) is 8.27. The van der Waals surface area contributed by atoms with Crippen LogP contribution in [0.5, 0.6) is 0 Å². The fourth-order valence-corrected chi connectivity index (χ4v) is 1.52. The highest BCUT2D eigenvalue weighted by molar-refractivity contribution is 5.60. The van der Waals surface area contributed by atoms with Gasteiger partial charge < -0.3 is 9.47 Å². The summed E-state index contributed by atoms with van der Waals surface area (Å²) in [5.41, 5.74) is 1.12. The van der Waals surface area contributed by atoms with Crippen LogP contribution < -0.4 is 0 Å². The van der Waals surface area contributed by atoms with E-state index in [0.717, 1.165) is 17.7 Å². The maximum Gasteiger partial charge on any atom is 0.203 e. The monoisotopic (exact) mass is 190 g/mol. The minimum absolute atomic E-state index is 0.0878. The van der Waals surface area contributed by atoms with Crippen molar-refractivity contribution in [2.75, 3.05) is 6.61 Å². The molecule has 2 nitrogen and oxygen atoms in total. The van der Waals surface area contributed by atoms with Crippen LogP contribution in [0.15, 0.2) is 36.4 Å². The Bertz CT molecular complexity index is 316. The normalized spacial score (nSPS) is 20.4. The quantitative estimate of drug-likeness (QED) is 0.729. The second kappa shape index (κ2) is 4.29. The molecule has 0 bridgehead atoms. The van der Waals surface area contributed by atoms with E-state index in [4.69, 9.17) is 9.47 Å². The summed E-state index contributed by atoms with van der Waals surface area (Å²) < 4.78 is 11.0. The number of ether oxygens (including phenoxy) is 2. The van der Waals surface area contributed by atoms with E-state index in [1.165, 1.54) is 0 Å². The Morgan fingerprint density at radius 3 is 2.86 bits per heavy atom. The van der Waals surface area contributed by atoms with Gasteiger partial charge in [0.2, 0.25) is 6.29 Å². The second-order valence-corrected chi connectivity index (χ2v) is 3.17. The van der Waals surface area contributed by atoms with E-state index >= 15 is 0 Å². The van der Waals surface area contributed by atoms with E-state index in [1.807, 2.05) is 37.3 Å². The van der Waals surface area contributed by atoms with Gasteiger partial charge in [-0.15, -0.1) is 0 Å². The molecule has 0 saturated carbocycles. The third-order valence-electron chi connectivity index (χ3n) is 2.16. The van der Waals surface area contributed by atoms with Gasteiger partial charge in [0, 0.05) is 18.6 Å². The number of rotatable bonds is 3. The van der Waals surface area contributed by atoms with Gasteiger partial charge in [-0.2, -0.15) is 0 Å². The predicted octanol–water partition coefficient (Wildman–Crippen LogP) is 2.81. The van der Waals surface area contributed by atoms with Crippen molar-refractivity contribution in [2.45, 2.75) is 19.6 Å². The molecule has 1 heterocycles. The van der Waals surface area contributed by atoms with Crippen LogP contribution in [-0.4, -0.2) is 12.9 Å². The van der Waals surface area contributed by atoms with Crippen molar-refractivity contribution in [3.8, 4) is 0 Å². The van der Waals surface area contributed by atoms with Crippen molar-refractivity contribution in [3.63, 3.8) is 0 Å². The van der Waals surface area contributed by atoms with Crippen molar-refractivity contribution in [1.82, 2.24) is 0 Å². The molecule has 1 aromatic carbocycles. The van der Waals surface area contributed by atoms with Crippen LogP contribution in [-0.2, 0) is 9.47 Å². The Balaban J connectivity index is 2.02. The Morgan fingerprint density at radius 2 is 2.14 bits per heavy atom. The van der Waals surface area contributed by atoms with Crippen LogP contribution in [0.4, 0.5) is 0 Å². The zero-order valence-corrected chi connectivity index (χ0v) is 8.27. The van der Waals surface area contributed by atoms with Crippen LogP contribution in [0.3, 0.4) is 0 Å². The maximum absolute atomic E-state index is 5.63. The summed E-state index contributed by atoms with van der Waals surface area (Å²) in [7, 11) is 0. The number of hydrogen-bond acceptors (Lipinski definition) is 2. The van der Waals surface area contributed by atoms with Gasteiger partial charge >= 0.3 is 0 Å². The highest BCUT2D eigenvalue weighted by Gasteiger charge is 2.18. The molecule has 0 radical (unpaired) electrons. The molecule has 0 saturated heterocycles. The molecule has 0 N–H and O–H groups in total. The molecular weight excluding hydrogens is 176 g/mol. The van der Waals surface area contributed by atoms with Crippen molar-refractivity contribution < 1.29 is 9.47 Å². The molecule has 1 aliphatic rings. The largest absolute Gasteiger partial charge is 0.464 e. The van der Waals surface area contributed by atoms with E-state index in [0.29, 0.717) is 6.61 Å². The summed E-state index contributed by atoms with van der Waals surface area (Å²) in [6, 6.07) is 10.1. The summed E-state index contributed by atoms with van der Waals surface area (Å²) in [4.78, 5) is 0. The molecule has 2 rings (SSSR count). The summed E-state index contributed by atoms with van der Waals surface area (Å²) >= 11 is 0. The molecule has 1 unspecified atom stereocenters. The molecule has 1 aliphatic heterocycles. The van der Waals surface area contributed by atoms with E-state index in [-0.39, 0.29) is 6.29 Å². The lowest BCUT2D eigenvalue weighted by Crippen LogP contribution is -2.10. The summed E-state index contributed by atoms with van der Waals surface area (Å²) in [6.45, 7) is 2.67. The fourth-order valence-electron chi connectivity index (χ4n) is 1.52. The topological polar surface area (TPSA) is 18.5 Å². The third kappa shape index (κ3) is 1.96. The Kier molecular flexibility index (Phi) is 2.84. The molecule has 0 amide bonds. The van der Waals surface area contributed by atoms with Crippen LogP contribution in [0.2, 0.25) is 0 Å². The minimum atomic E-state index is -0.0878. The van der Waals surface area contributed by atoms with Crippen molar-refractivity contribution in [2.24, 2.45) is 0 Å². The lowest BCUT2D eigenvalue weighted by Gasteiger charge is -2.12. The van der Waals surface area contributed by atoms with Gasteiger partial charge in [0.25, 0.3) is 0 Å². The van der Waals surface area contributed by atoms with E-state index in [2.05, 4.69) is 6.08 Å². The number of hydrogen-bond donors (Lipinski definition) is 0. The SMILES string of the molecule is CCOC1CC=C(c2ccccc2)O1. The smallest absolute Gasteiger partial charge is 0.203 e. The fraction of sp³-hybridized carbons (Fsp3) is 0.333. The van der Waals surface area contributed by atoms with E-state index in [9.17, 15) is 0 Å². The molecule has 0 fully saturated rings. The molecule has 2 heteroatoms. The highest BCUT2D eigenvalue weighted by Crippen LogP contribution is 2.26. The lowest BCUT2D eigenvalue weighted by molar-refractivity contribution is -0.0788. The Morgan fingerprint density at radius 1 is 1.36 bits per heavy atom. The molecule has 1 atom stereocenters. The van der Waals surface area contributed by atoms with Gasteiger partial charge in [-0.05, 0) is 13.0 Å². The lowest BCUT2D eigenvalue weighted by atomic mass is 10.2. The first kappa shape index (κ1) is 9.28.